The lowest BCUT2D eigenvalue weighted by atomic mass is 10.2. The maximum absolute atomic E-state index is 10.6. The minimum Gasteiger partial charge on any atom is -0.369 e. The lowest BCUT2D eigenvalue weighted by Crippen LogP contribution is -2.46. The number of non-ortho nitro benzene ring substituents is 1. The first-order valence-corrected chi connectivity index (χ1v) is 6.92. The first-order chi connectivity index (χ1) is 9.20. The Bertz CT molecular complexity index is 411. The van der Waals surface area contributed by atoms with Gasteiger partial charge in [0.05, 0.1) is 4.92 Å². The molecule has 0 amide bonds. The second kappa shape index (κ2) is 6.52. The van der Waals surface area contributed by atoms with E-state index >= 15 is 0 Å². The Kier molecular flexibility index (Phi) is 4.74. The number of rotatable bonds is 5. The number of nitrogens with zero attached hydrogens (tertiary/aromatic N) is 3. The molecular formula is C14H21N3O2. The van der Waals surface area contributed by atoms with E-state index in [1.807, 2.05) is 12.1 Å². The summed E-state index contributed by atoms with van der Waals surface area (Å²) >= 11 is 0. The van der Waals surface area contributed by atoms with Gasteiger partial charge in [-0.05, 0) is 25.1 Å². The van der Waals surface area contributed by atoms with Gasteiger partial charge in [-0.1, -0.05) is 13.3 Å². The monoisotopic (exact) mass is 263 g/mol. The molecule has 0 N–H and O–H groups in total. The average molecular weight is 263 g/mol. The third-order valence-corrected chi connectivity index (χ3v) is 3.63. The summed E-state index contributed by atoms with van der Waals surface area (Å²) in [5, 5.41) is 10.6. The van der Waals surface area contributed by atoms with Crippen LogP contribution < -0.4 is 4.90 Å². The number of nitro benzene ring substituents is 1. The van der Waals surface area contributed by atoms with E-state index in [0.29, 0.717) is 0 Å². The van der Waals surface area contributed by atoms with Crippen LogP contribution in [0.1, 0.15) is 19.8 Å². The van der Waals surface area contributed by atoms with Gasteiger partial charge in [0, 0.05) is 44.0 Å². The molecule has 0 aromatic heterocycles. The number of hydrogen-bond donors (Lipinski definition) is 0. The largest absolute Gasteiger partial charge is 0.369 e. The fraction of sp³-hybridized carbons (Fsp3) is 0.571. The molecule has 0 aliphatic carbocycles. The van der Waals surface area contributed by atoms with Crippen molar-refractivity contribution in [3.8, 4) is 0 Å². The van der Waals surface area contributed by atoms with Gasteiger partial charge in [-0.25, -0.2) is 0 Å². The molecule has 1 aliphatic heterocycles. The van der Waals surface area contributed by atoms with Gasteiger partial charge in [0.25, 0.3) is 5.69 Å². The Morgan fingerprint density at radius 1 is 1.16 bits per heavy atom. The van der Waals surface area contributed by atoms with Crippen molar-refractivity contribution < 1.29 is 4.92 Å². The molecule has 19 heavy (non-hydrogen) atoms. The summed E-state index contributed by atoms with van der Waals surface area (Å²) in [5.74, 6) is 0. The van der Waals surface area contributed by atoms with E-state index in [2.05, 4.69) is 16.7 Å². The second-order valence-corrected chi connectivity index (χ2v) is 4.96. The fourth-order valence-electron chi connectivity index (χ4n) is 2.40. The van der Waals surface area contributed by atoms with E-state index in [1.54, 1.807) is 12.1 Å². The van der Waals surface area contributed by atoms with Crippen LogP contribution in [-0.4, -0.2) is 42.5 Å². The predicted molar refractivity (Wildman–Crippen MR) is 76.7 cm³/mol. The average Bonchev–Trinajstić information content (AvgIpc) is 2.46. The van der Waals surface area contributed by atoms with Gasteiger partial charge in [-0.2, -0.15) is 0 Å². The van der Waals surface area contributed by atoms with Crippen molar-refractivity contribution in [2.24, 2.45) is 0 Å². The Hall–Kier alpha value is -1.62. The van der Waals surface area contributed by atoms with Crippen LogP contribution >= 0.6 is 0 Å². The molecule has 0 saturated carbocycles. The van der Waals surface area contributed by atoms with Crippen LogP contribution in [0.15, 0.2) is 24.3 Å². The molecule has 0 spiro atoms. The number of anilines is 1. The lowest BCUT2D eigenvalue weighted by Gasteiger charge is -2.36. The summed E-state index contributed by atoms with van der Waals surface area (Å²) in [5.41, 5.74) is 1.24. The maximum atomic E-state index is 10.6. The lowest BCUT2D eigenvalue weighted by molar-refractivity contribution is -0.384. The van der Waals surface area contributed by atoms with Gasteiger partial charge in [0.1, 0.15) is 0 Å². The zero-order chi connectivity index (χ0) is 13.7. The van der Waals surface area contributed by atoms with Crippen molar-refractivity contribution in [3.05, 3.63) is 34.4 Å². The highest BCUT2D eigenvalue weighted by Gasteiger charge is 2.17. The third-order valence-electron chi connectivity index (χ3n) is 3.63. The molecule has 1 heterocycles. The molecule has 1 aromatic rings. The van der Waals surface area contributed by atoms with Crippen molar-refractivity contribution in [3.63, 3.8) is 0 Å². The molecule has 1 fully saturated rings. The number of unbranched alkanes of at least 4 members (excludes halogenated alkanes) is 1. The Morgan fingerprint density at radius 2 is 1.79 bits per heavy atom. The van der Waals surface area contributed by atoms with Crippen LogP contribution in [0.2, 0.25) is 0 Å². The van der Waals surface area contributed by atoms with Crippen molar-refractivity contribution >= 4 is 11.4 Å². The zero-order valence-corrected chi connectivity index (χ0v) is 11.4. The summed E-state index contributed by atoms with van der Waals surface area (Å²) in [6.07, 6.45) is 2.50. The smallest absolute Gasteiger partial charge is 0.269 e. The molecule has 1 saturated heterocycles. The Balaban J connectivity index is 1.88. The molecule has 5 heteroatoms. The quantitative estimate of drug-likeness (QED) is 0.605. The fourth-order valence-corrected chi connectivity index (χ4v) is 2.40. The summed E-state index contributed by atoms with van der Waals surface area (Å²) in [4.78, 5) is 15.1. The van der Waals surface area contributed by atoms with Gasteiger partial charge in [0.15, 0.2) is 0 Å². The summed E-state index contributed by atoms with van der Waals surface area (Å²) < 4.78 is 0. The highest BCUT2D eigenvalue weighted by atomic mass is 16.6. The normalized spacial score (nSPS) is 16.6. The molecule has 1 aliphatic rings. The van der Waals surface area contributed by atoms with Crippen molar-refractivity contribution in [1.82, 2.24) is 4.90 Å². The summed E-state index contributed by atoms with van der Waals surface area (Å²) in [6.45, 7) is 7.56. The minimum atomic E-state index is -0.355. The van der Waals surface area contributed by atoms with E-state index in [9.17, 15) is 10.1 Å². The molecule has 0 bridgehead atoms. The van der Waals surface area contributed by atoms with E-state index < -0.39 is 0 Å². The molecule has 0 unspecified atom stereocenters. The van der Waals surface area contributed by atoms with Gasteiger partial charge in [0.2, 0.25) is 0 Å². The van der Waals surface area contributed by atoms with E-state index in [0.717, 1.165) is 31.9 Å². The van der Waals surface area contributed by atoms with Crippen LogP contribution in [0.3, 0.4) is 0 Å². The number of benzene rings is 1. The summed E-state index contributed by atoms with van der Waals surface area (Å²) in [7, 11) is 0. The second-order valence-electron chi connectivity index (χ2n) is 4.96. The molecule has 2 rings (SSSR count). The Morgan fingerprint density at radius 3 is 2.32 bits per heavy atom. The SMILES string of the molecule is CCCCN1CCN(c2ccc([N+](=O)[O-])cc2)CC1. The van der Waals surface area contributed by atoms with E-state index in [-0.39, 0.29) is 10.6 Å². The molecule has 104 valence electrons. The highest BCUT2D eigenvalue weighted by Crippen LogP contribution is 2.20. The first kappa shape index (κ1) is 13.8. The van der Waals surface area contributed by atoms with Crippen LogP contribution in [0.5, 0.6) is 0 Å². The van der Waals surface area contributed by atoms with Gasteiger partial charge < -0.3 is 4.90 Å². The molecule has 0 atom stereocenters. The van der Waals surface area contributed by atoms with Crippen molar-refractivity contribution in [2.45, 2.75) is 19.8 Å². The third kappa shape index (κ3) is 3.67. The molecular weight excluding hydrogens is 242 g/mol. The van der Waals surface area contributed by atoms with Crippen LogP contribution in [-0.2, 0) is 0 Å². The van der Waals surface area contributed by atoms with Crippen molar-refractivity contribution in [1.29, 1.82) is 0 Å². The maximum Gasteiger partial charge on any atom is 0.269 e. The van der Waals surface area contributed by atoms with Gasteiger partial charge in [-0.15, -0.1) is 0 Å². The first-order valence-electron chi connectivity index (χ1n) is 6.92. The van der Waals surface area contributed by atoms with E-state index in [4.69, 9.17) is 0 Å². The Labute approximate surface area is 114 Å². The molecule has 0 radical (unpaired) electrons. The molecule has 1 aromatic carbocycles. The number of nitro groups is 1. The van der Waals surface area contributed by atoms with Gasteiger partial charge in [-0.3, -0.25) is 15.0 Å². The molecule has 5 nitrogen and oxygen atoms in total. The minimum absolute atomic E-state index is 0.158. The highest BCUT2D eigenvalue weighted by molar-refractivity contribution is 5.51. The number of piperazine rings is 1. The van der Waals surface area contributed by atoms with Crippen LogP contribution in [0.4, 0.5) is 11.4 Å². The zero-order valence-electron chi connectivity index (χ0n) is 11.4. The standard InChI is InChI=1S/C14H21N3O2/c1-2-3-8-15-9-11-16(12-10-15)13-4-6-14(7-5-13)17(18)19/h4-7H,2-3,8-12H2,1H3. The van der Waals surface area contributed by atoms with E-state index in [1.165, 1.54) is 19.4 Å². The van der Waals surface area contributed by atoms with Crippen molar-refractivity contribution in [2.75, 3.05) is 37.6 Å². The van der Waals surface area contributed by atoms with Crippen LogP contribution in [0, 0.1) is 10.1 Å². The van der Waals surface area contributed by atoms with Crippen LogP contribution in [0.25, 0.3) is 0 Å². The van der Waals surface area contributed by atoms with Gasteiger partial charge >= 0.3 is 0 Å². The number of hydrogen-bond acceptors (Lipinski definition) is 4. The topological polar surface area (TPSA) is 49.6 Å². The predicted octanol–water partition coefficient (Wildman–Crippen LogP) is 2.52. The summed E-state index contributed by atoms with van der Waals surface area (Å²) in [6, 6.07) is 6.86.